The highest BCUT2D eigenvalue weighted by Gasteiger charge is 2.60. The molecule has 2 heterocycles. The van der Waals surface area contributed by atoms with E-state index in [1.807, 2.05) is 5.32 Å². The summed E-state index contributed by atoms with van der Waals surface area (Å²) in [6.45, 7) is -0.154. The Bertz CT molecular complexity index is 985. The lowest BCUT2D eigenvalue weighted by molar-refractivity contribution is -0.143. The second-order valence-electron chi connectivity index (χ2n) is 7.97. The minimum atomic E-state index is -3.59. The molecule has 1 aromatic rings. The summed E-state index contributed by atoms with van der Waals surface area (Å²) in [5, 5.41) is 1.95. The van der Waals surface area contributed by atoms with Gasteiger partial charge in [0.1, 0.15) is 17.7 Å². The van der Waals surface area contributed by atoms with Crippen molar-refractivity contribution in [1.82, 2.24) is 5.32 Å². The van der Waals surface area contributed by atoms with E-state index in [9.17, 15) is 35.6 Å². The van der Waals surface area contributed by atoms with Gasteiger partial charge in [-0.1, -0.05) is 0 Å². The molecule has 0 bridgehead atoms. The van der Waals surface area contributed by atoms with E-state index in [0.29, 0.717) is 6.92 Å². The van der Waals surface area contributed by atoms with Crippen LogP contribution >= 0.6 is 0 Å². The summed E-state index contributed by atoms with van der Waals surface area (Å²) in [4.78, 5) is 24.2. The van der Waals surface area contributed by atoms with Crippen molar-refractivity contribution in [2.24, 2.45) is 11.8 Å². The summed E-state index contributed by atoms with van der Waals surface area (Å²) in [5.74, 6) is -8.20. The van der Waals surface area contributed by atoms with Crippen LogP contribution in [0.2, 0.25) is 0 Å². The maximum Gasteiger partial charge on any atom is 0.414 e. The number of nitrogens with one attached hydrogen (secondary N) is 1. The molecule has 164 valence electrons. The average Bonchev–Trinajstić information content (AvgIpc) is 2.96. The number of hydrogen-bond acceptors (Lipinski definition) is 5. The molecule has 1 aliphatic carbocycles. The Morgan fingerprint density at radius 2 is 1.80 bits per heavy atom. The highest BCUT2D eigenvalue weighted by Crippen LogP contribution is 2.60. The van der Waals surface area contributed by atoms with E-state index >= 15 is 0 Å². The second kappa shape index (κ2) is 6.82. The second-order valence-corrected chi connectivity index (χ2v) is 10.1. The van der Waals surface area contributed by atoms with Crippen molar-refractivity contribution in [3.05, 3.63) is 29.3 Å². The Hall–Kier alpha value is -2.37. The Kier molecular flexibility index (Phi) is 4.75. The third-order valence-electron chi connectivity index (χ3n) is 5.70. The van der Waals surface area contributed by atoms with Crippen LogP contribution in [-0.4, -0.2) is 57.0 Å². The largest absolute Gasteiger partial charge is 0.442 e. The topological polar surface area (TPSA) is 92.8 Å². The molecular weight excluding hydrogens is 432 g/mol. The summed E-state index contributed by atoms with van der Waals surface area (Å²) < 4.78 is 83.1. The highest BCUT2D eigenvalue weighted by atomic mass is 32.2. The lowest BCUT2D eigenvalue weighted by Gasteiger charge is -2.16. The number of fused-ring (bicyclic) bond motifs is 1. The standard InChI is InChI=1S/C18H18F4N2O5S/c1-18(21,22)16(25)23-4-9-5-24(17(26)29-9)8-2-12(19)15(13(20)3-8)14-10-6-30(27,28)7-11(10)14/h2-3,9-11,14H,4-7H2,1H3,(H,23,25)/t9-,10-,11+,14+/m0/s1. The third-order valence-corrected chi connectivity index (χ3v) is 7.48. The lowest BCUT2D eigenvalue weighted by atomic mass is 10.1. The van der Waals surface area contributed by atoms with E-state index in [4.69, 9.17) is 4.74 Å². The molecule has 2 amide bonds. The third kappa shape index (κ3) is 3.72. The summed E-state index contributed by atoms with van der Waals surface area (Å²) in [6, 6.07) is 1.92. The van der Waals surface area contributed by atoms with Gasteiger partial charge in [0.05, 0.1) is 30.3 Å². The smallest absolute Gasteiger partial charge is 0.414 e. The predicted molar refractivity (Wildman–Crippen MR) is 96.0 cm³/mol. The van der Waals surface area contributed by atoms with E-state index in [-0.39, 0.29) is 47.7 Å². The number of carbonyl (C=O) groups is 2. The van der Waals surface area contributed by atoms with E-state index in [1.54, 1.807) is 0 Å². The predicted octanol–water partition coefficient (Wildman–Crippen LogP) is 1.82. The number of amides is 2. The minimum absolute atomic E-state index is 0.0916. The molecule has 12 heteroatoms. The molecule has 2 aliphatic heterocycles. The fourth-order valence-corrected chi connectivity index (χ4v) is 6.45. The normalized spacial score (nSPS) is 29.5. The van der Waals surface area contributed by atoms with Gasteiger partial charge in [0.15, 0.2) is 9.84 Å². The maximum atomic E-state index is 14.7. The van der Waals surface area contributed by atoms with Crippen LogP contribution in [-0.2, 0) is 19.4 Å². The van der Waals surface area contributed by atoms with Gasteiger partial charge in [-0.05, 0) is 29.9 Å². The zero-order valence-corrected chi connectivity index (χ0v) is 16.5. The number of cyclic esters (lactones) is 1. The summed E-state index contributed by atoms with van der Waals surface area (Å²) in [6.07, 6.45) is -1.90. The van der Waals surface area contributed by atoms with Crippen molar-refractivity contribution in [2.45, 2.75) is 24.9 Å². The number of nitrogens with zero attached hydrogens (tertiary/aromatic N) is 1. The molecule has 0 aromatic heterocycles. The Morgan fingerprint density at radius 1 is 1.23 bits per heavy atom. The first-order chi connectivity index (χ1) is 13.9. The average molecular weight is 450 g/mol. The molecule has 0 spiro atoms. The van der Waals surface area contributed by atoms with Gasteiger partial charge < -0.3 is 10.1 Å². The molecule has 3 fully saturated rings. The van der Waals surface area contributed by atoms with Crippen LogP contribution < -0.4 is 10.2 Å². The van der Waals surface area contributed by atoms with Gasteiger partial charge in [-0.2, -0.15) is 8.78 Å². The van der Waals surface area contributed by atoms with Crippen molar-refractivity contribution in [1.29, 1.82) is 0 Å². The van der Waals surface area contributed by atoms with Gasteiger partial charge in [0.25, 0.3) is 5.91 Å². The van der Waals surface area contributed by atoms with Gasteiger partial charge in [-0.25, -0.2) is 22.0 Å². The monoisotopic (exact) mass is 450 g/mol. The number of halogens is 4. The van der Waals surface area contributed by atoms with Crippen LogP contribution in [0.1, 0.15) is 18.4 Å². The molecule has 0 radical (unpaired) electrons. The molecule has 30 heavy (non-hydrogen) atoms. The van der Waals surface area contributed by atoms with Crippen molar-refractivity contribution < 1.29 is 40.3 Å². The van der Waals surface area contributed by atoms with Crippen molar-refractivity contribution in [3.63, 3.8) is 0 Å². The molecule has 1 N–H and O–H groups in total. The van der Waals surface area contributed by atoms with E-state index in [1.165, 1.54) is 0 Å². The van der Waals surface area contributed by atoms with Crippen LogP contribution in [0.4, 0.5) is 28.0 Å². The molecule has 4 atom stereocenters. The molecule has 3 aliphatic rings. The lowest BCUT2D eigenvalue weighted by Crippen LogP contribution is -2.42. The summed E-state index contributed by atoms with van der Waals surface area (Å²) >= 11 is 0. The molecule has 7 nitrogen and oxygen atoms in total. The van der Waals surface area contributed by atoms with Crippen LogP contribution in [0.15, 0.2) is 12.1 Å². The first-order valence-electron chi connectivity index (χ1n) is 9.21. The van der Waals surface area contributed by atoms with E-state index in [0.717, 1.165) is 17.0 Å². The van der Waals surface area contributed by atoms with Crippen molar-refractivity contribution in [2.75, 3.05) is 29.5 Å². The van der Waals surface area contributed by atoms with E-state index < -0.39 is 51.4 Å². The number of benzene rings is 1. The number of carbonyl (C=O) groups excluding carboxylic acids is 2. The van der Waals surface area contributed by atoms with Gasteiger partial charge in [0, 0.05) is 12.5 Å². The van der Waals surface area contributed by atoms with Crippen LogP contribution in [0.5, 0.6) is 0 Å². The molecule has 0 unspecified atom stereocenters. The number of ether oxygens (including phenoxy) is 1. The number of anilines is 1. The van der Waals surface area contributed by atoms with Gasteiger partial charge >= 0.3 is 12.0 Å². The van der Waals surface area contributed by atoms with Crippen molar-refractivity contribution >= 4 is 27.5 Å². The molecular formula is C18H18F4N2O5S. The SMILES string of the molecule is CC(F)(F)C(=O)NC[C@H]1CN(c2cc(F)c([C@H]3[C@@H]4CS(=O)(=O)C[C@@H]43)c(F)c2)C(=O)O1. The fourth-order valence-electron chi connectivity index (χ4n) is 4.23. The molecule has 1 aromatic carbocycles. The summed E-state index contributed by atoms with van der Waals surface area (Å²) in [5.41, 5.74) is -0.308. The van der Waals surface area contributed by atoms with E-state index in [2.05, 4.69) is 0 Å². The zero-order chi connectivity index (χ0) is 22.0. The fraction of sp³-hybridized carbons (Fsp3) is 0.556. The Morgan fingerprint density at radius 3 is 2.33 bits per heavy atom. The number of sulfone groups is 1. The zero-order valence-electron chi connectivity index (χ0n) is 15.7. The molecule has 2 saturated heterocycles. The maximum absolute atomic E-state index is 14.7. The first-order valence-corrected chi connectivity index (χ1v) is 11.0. The summed E-state index contributed by atoms with van der Waals surface area (Å²) in [7, 11) is -3.16. The number of rotatable bonds is 5. The van der Waals surface area contributed by atoms with Gasteiger partial charge in [0.2, 0.25) is 0 Å². The first kappa shape index (κ1) is 20.9. The number of hydrogen-bond donors (Lipinski definition) is 1. The Labute approximate surface area is 169 Å². The van der Waals surface area contributed by atoms with Crippen LogP contribution in [0.3, 0.4) is 0 Å². The van der Waals surface area contributed by atoms with Crippen LogP contribution in [0, 0.1) is 23.5 Å². The van der Waals surface area contributed by atoms with Crippen molar-refractivity contribution in [3.8, 4) is 0 Å². The van der Waals surface area contributed by atoms with Gasteiger partial charge in [-0.15, -0.1) is 0 Å². The minimum Gasteiger partial charge on any atom is -0.442 e. The number of alkyl halides is 2. The van der Waals surface area contributed by atoms with Gasteiger partial charge in [-0.3, -0.25) is 9.69 Å². The highest BCUT2D eigenvalue weighted by molar-refractivity contribution is 7.91. The molecule has 4 rings (SSSR count). The quantitative estimate of drug-likeness (QED) is 0.691. The van der Waals surface area contributed by atoms with Crippen LogP contribution in [0.25, 0.3) is 0 Å². The Balaban J connectivity index is 1.45. The molecule has 1 saturated carbocycles.